The van der Waals surface area contributed by atoms with E-state index in [2.05, 4.69) is 22.5 Å². The van der Waals surface area contributed by atoms with Crippen LogP contribution in [0.4, 0.5) is 0 Å². The minimum atomic E-state index is 0.0119. The summed E-state index contributed by atoms with van der Waals surface area (Å²) in [6, 6.07) is 5.42. The molecule has 1 aromatic rings. The lowest BCUT2D eigenvalue weighted by molar-refractivity contribution is 0.101. The van der Waals surface area contributed by atoms with E-state index in [1.165, 1.54) is 6.92 Å². The van der Waals surface area contributed by atoms with E-state index in [0.29, 0.717) is 17.9 Å². The van der Waals surface area contributed by atoms with Gasteiger partial charge in [-0.05, 0) is 32.0 Å². The monoisotopic (exact) mass is 282 g/mol. The highest BCUT2D eigenvalue weighted by molar-refractivity contribution is 9.10. The molecule has 0 spiro atoms. The zero-order valence-electron chi connectivity index (χ0n) is 9.55. The summed E-state index contributed by atoms with van der Waals surface area (Å²) in [5, 5.41) is 0. The lowest BCUT2D eigenvalue weighted by Crippen LogP contribution is -2.03. The van der Waals surface area contributed by atoms with E-state index in [4.69, 9.17) is 4.74 Å². The first kappa shape index (κ1) is 13.0. The molecule has 0 heterocycles. The van der Waals surface area contributed by atoms with E-state index in [-0.39, 0.29) is 5.78 Å². The molecule has 0 amide bonds. The summed E-state index contributed by atoms with van der Waals surface area (Å²) in [6.07, 6.45) is 0.795. The van der Waals surface area contributed by atoms with Crippen LogP contribution < -0.4 is 4.74 Å². The Labute approximate surface area is 104 Å². The third-order valence-electron chi connectivity index (χ3n) is 2.11. The highest BCUT2D eigenvalue weighted by Crippen LogP contribution is 2.24. The van der Waals surface area contributed by atoms with Crippen molar-refractivity contribution in [3.63, 3.8) is 0 Å². The number of halogens is 1. The van der Waals surface area contributed by atoms with E-state index in [9.17, 15) is 4.79 Å². The fraction of sp³-hybridized carbons (Fsp3) is 0.308. The van der Waals surface area contributed by atoms with Crippen LogP contribution in [0.5, 0.6) is 5.75 Å². The van der Waals surface area contributed by atoms with Crippen molar-refractivity contribution in [1.29, 1.82) is 0 Å². The second-order valence-corrected chi connectivity index (χ2v) is 4.67. The third kappa shape index (κ3) is 3.81. The normalized spacial score (nSPS) is 9.94. The summed E-state index contributed by atoms with van der Waals surface area (Å²) in [6.45, 7) is 7.84. The van der Waals surface area contributed by atoms with Crippen LogP contribution in [0.15, 0.2) is 34.8 Å². The van der Waals surface area contributed by atoms with E-state index < -0.39 is 0 Å². The largest absolute Gasteiger partial charge is 0.492 e. The van der Waals surface area contributed by atoms with Gasteiger partial charge in [-0.2, -0.15) is 0 Å². The van der Waals surface area contributed by atoms with Gasteiger partial charge in [0.1, 0.15) is 5.75 Å². The Morgan fingerprint density at radius 1 is 1.44 bits per heavy atom. The SMILES string of the molecule is C=C(C)CCOc1cc(Br)ccc1C(C)=O. The van der Waals surface area contributed by atoms with Gasteiger partial charge >= 0.3 is 0 Å². The van der Waals surface area contributed by atoms with Gasteiger partial charge in [-0.3, -0.25) is 4.79 Å². The van der Waals surface area contributed by atoms with E-state index in [0.717, 1.165) is 16.5 Å². The first-order valence-corrected chi connectivity index (χ1v) is 5.87. The highest BCUT2D eigenvalue weighted by atomic mass is 79.9. The molecule has 0 aliphatic carbocycles. The van der Waals surface area contributed by atoms with E-state index >= 15 is 0 Å². The van der Waals surface area contributed by atoms with Crippen molar-refractivity contribution in [2.45, 2.75) is 20.3 Å². The number of ketones is 1. The lowest BCUT2D eigenvalue weighted by Gasteiger charge is -2.10. The van der Waals surface area contributed by atoms with Gasteiger partial charge in [0.05, 0.1) is 12.2 Å². The molecule has 0 saturated carbocycles. The Bertz CT molecular complexity index is 410. The number of rotatable bonds is 5. The predicted octanol–water partition coefficient (Wildman–Crippen LogP) is 4.00. The Morgan fingerprint density at radius 3 is 2.69 bits per heavy atom. The maximum absolute atomic E-state index is 11.4. The lowest BCUT2D eigenvalue weighted by atomic mass is 10.1. The van der Waals surface area contributed by atoms with Crippen molar-refractivity contribution in [3.05, 3.63) is 40.4 Å². The van der Waals surface area contributed by atoms with Gasteiger partial charge in [-0.1, -0.05) is 21.5 Å². The van der Waals surface area contributed by atoms with Gasteiger partial charge < -0.3 is 4.74 Å². The fourth-order valence-electron chi connectivity index (χ4n) is 1.24. The predicted molar refractivity (Wildman–Crippen MR) is 69.1 cm³/mol. The van der Waals surface area contributed by atoms with Crippen LogP contribution in [-0.2, 0) is 0 Å². The van der Waals surface area contributed by atoms with E-state index in [1.807, 2.05) is 19.1 Å². The molecule has 0 aliphatic rings. The van der Waals surface area contributed by atoms with Crippen molar-refractivity contribution in [1.82, 2.24) is 0 Å². The molecular weight excluding hydrogens is 268 g/mol. The fourth-order valence-corrected chi connectivity index (χ4v) is 1.58. The Morgan fingerprint density at radius 2 is 2.12 bits per heavy atom. The zero-order valence-corrected chi connectivity index (χ0v) is 11.1. The second-order valence-electron chi connectivity index (χ2n) is 3.75. The Hall–Kier alpha value is -1.09. The standard InChI is InChI=1S/C13H15BrO2/c1-9(2)6-7-16-13-8-11(14)4-5-12(13)10(3)15/h4-5,8H,1,6-7H2,2-3H3. The number of carbonyl (C=O) groups excluding carboxylic acids is 1. The van der Waals surface area contributed by atoms with Crippen LogP contribution in [0.1, 0.15) is 30.6 Å². The van der Waals surface area contributed by atoms with Gasteiger partial charge in [-0.25, -0.2) is 0 Å². The molecule has 0 unspecified atom stereocenters. The van der Waals surface area contributed by atoms with Crippen LogP contribution >= 0.6 is 15.9 Å². The number of carbonyl (C=O) groups is 1. The minimum Gasteiger partial charge on any atom is -0.492 e. The molecule has 0 saturated heterocycles. The zero-order chi connectivity index (χ0) is 12.1. The maximum atomic E-state index is 11.4. The number of benzene rings is 1. The molecule has 0 fully saturated rings. The quantitative estimate of drug-likeness (QED) is 0.603. The van der Waals surface area contributed by atoms with Gasteiger partial charge in [-0.15, -0.1) is 6.58 Å². The Balaban J connectivity index is 2.80. The average molecular weight is 283 g/mol. The van der Waals surface area contributed by atoms with Crippen LogP contribution in [0.25, 0.3) is 0 Å². The molecule has 86 valence electrons. The van der Waals surface area contributed by atoms with Gasteiger partial charge in [0.15, 0.2) is 5.78 Å². The van der Waals surface area contributed by atoms with Crippen molar-refractivity contribution in [2.75, 3.05) is 6.61 Å². The highest BCUT2D eigenvalue weighted by Gasteiger charge is 2.08. The van der Waals surface area contributed by atoms with Gasteiger partial charge in [0, 0.05) is 10.9 Å². The second kappa shape index (κ2) is 5.85. The molecule has 0 N–H and O–H groups in total. The average Bonchev–Trinajstić information content (AvgIpc) is 2.16. The maximum Gasteiger partial charge on any atom is 0.163 e. The van der Waals surface area contributed by atoms with Crippen molar-refractivity contribution < 1.29 is 9.53 Å². The van der Waals surface area contributed by atoms with Crippen molar-refractivity contribution >= 4 is 21.7 Å². The molecule has 1 rings (SSSR count). The number of Topliss-reactive ketones (excluding diaryl/α,β-unsaturated/α-hetero) is 1. The summed E-state index contributed by atoms with van der Waals surface area (Å²) >= 11 is 3.36. The molecular formula is C13H15BrO2. The van der Waals surface area contributed by atoms with Crippen molar-refractivity contribution in [2.24, 2.45) is 0 Å². The molecule has 0 radical (unpaired) electrons. The van der Waals surface area contributed by atoms with Crippen LogP contribution in [0, 0.1) is 0 Å². The smallest absolute Gasteiger partial charge is 0.163 e. The first-order valence-electron chi connectivity index (χ1n) is 5.08. The molecule has 16 heavy (non-hydrogen) atoms. The molecule has 0 aromatic heterocycles. The molecule has 2 nitrogen and oxygen atoms in total. The summed E-state index contributed by atoms with van der Waals surface area (Å²) in [4.78, 5) is 11.4. The Kier molecular flexibility index (Phi) is 4.74. The molecule has 1 aromatic carbocycles. The van der Waals surface area contributed by atoms with E-state index in [1.54, 1.807) is 6.07 Å². The summed E-state index contributed by atoms with van der Waals surface area (Å²) in [5.74, 6) is 0.640. The minimum absolute atomic E-state index is 0.0119. The number of hydrogen-bond donors (Lipinski definition) is 0. The van der Waals surface area contributed by atoms with Gasteiger partial charge in [0.25, 0.3) is 0 Å². The third-order valence-corrected chi connectivity index (χ3v) is 2.60. The first-order chi connectivity index (χ1) is 7.50. The van der Waals surface area contributed by atoms with Crippen LogP contribution in [0.3, 0.4) is 0 Å². The molecule has 0 atom stereocenters. The van der Waals surface area contributed by atoms with Crippen LogP contribution in [-0.4, -0.2) is 12.4 Å². The summed E-state index contributed by atoms with van der Waals surface area (Å²) < 4.78 is 6.48. The molecule has 3 heteroatoms. The summed E-state index contributed by atoms with van der Waals surface area (Å²) in [7, 11) is 0. The van der Waals surface area contributed by atoms with Crippen LogP contribution in [0.2, 0.25) is 0 Å². The molecule has 0 aliphatic heterocycles. The van der Waals surface area contributed by atoms with Gasteiger partial charge in [0.2, 0.25) is 0 Å². The number of ether oxygens (including phenoxy) is 1. The molecule has 0 bridgehead atoms. The summed E-state index contributed by atoms with van der Waals surface area (Å²) in [5.41, 5.74) is 1.68. The number of hydrogen-bond acceptors (Lipinski definition) is 2. The van der Waals surface area contributed by atoms with Crippen molar-refractivity contribution in [3.8, 4) is 5.75 Å². The topological polar surface area (TPSA) is 26.3 Å².